The van der Waals surface area contributed by atoms with E-state index in [4.69, 9.17) is 0 Å². The van der Waals surface area contributed by atoms with Crippen LogP contribution < -0.4 is 10.6 Å². The zero-order chi connectivity index (χ0) is 14.8. The molecule has 1 aliphatic heterocycles. The fourth-order valence-corrected chi connectivity index (χ4v) is 1.94. The number of halogens is 5. The number of nitrogens with one attached hydrogen (secondary N) is 2. The van der Waals surface area contributed by atoms with Crippen molar-refractivity contribution in [1.82, 2.24) is 15.6 Å². The summed E-state index contributed by atoms with van der Waals surface area (Å²) in [5, 5.41) is 15.1. The van der Waals surface area contributed by atoms with Crippen LogP contribution in [0.15, 0.2) is 18.3 Å². The Morgan fingerprint density at radius 1 is 1.36 bits per heavy atom. The van der Waals surface area contributed by atoms with Gasteiger partial charge in [-0.1, -0.05) is 0 Å². The van der Waals surface area contributed by atoms with Gasteiger partial charge in [-0.25, -0.2) is 0 Å². The zero-order valence-electron chi connectivity index (χ0n) is 11.3. The van der Waals surface area contributed by atoms with Crippen LogP contribution in [-0.2, 0) is 6.18 Å². The first-order valence-electron chi connectivity index (χ1n) is 6.08. The highest BCUT2D eigenvalue weighted by Gasteiger charge is 2.31. The third-order valence-electron chi connectivity index (χ3n) is 3.15. The Labute approximate surface area is 137 Å². The average Bonchev–Trinajstić information content (AvgIpc) is 2.81. The molecule has 2 heterocycles. The number of pyridine rings is 1. The Morgan fingerprint density at radius 3 is 2.50 bits per heavy atom. The number of aliphatic hydroxyl groups is 1. The van der Waals surface area contributed by atoms with Gasteiger partial charge >= 0.3 is 6.18 Å². The molecule has 2 unspecified atom stereocenters. The number of carbonyl (C=O) groups is 1. The smallest absolute Gasteiger partial charge is 0.391 e. The number of hydrogen-bond donors (Lipinski definition) is 3. The normalized spacial score (nSPS) is 20.7. The molecule has 22 heavy (non-hydrogen) atoms. The summed E-state index contributed by atoms with van der Waals surface area (Å²) in [5.74, 6) is -0.661. The van der Waals surface area contributed by atoms with Gasteiger partial charge in [0.05, 0.1) is 11.7 Å². The molecule has 3 N–H and O–H groups in total. The summed E-state index contributed by atoms with van der Waals surface area (Å²) in [6.07, 6.45) is -4.38. The molecule has 0 spiro atoms. The topological polar surface area (TPSA) is 74.2 Å². The summed E-state index contributed by atoms with van der Waals surface area (Å²) in [5.41, 5.74) is -0.983. The Kier molecular flexibility index (Phi) is 8.10. The maximum atomic E-state index is 12.3. The molecule has 10 heteroatoms. The van der Waals surface area contributed by atoms with Crippen molar-refractivity contribution in [3.05, 3.63) is 29.6 Å². The number of amides is 1. The van der Waals surface area contributed by atoms with E-state index in [-0.39, 0.29) is 43.0 Å². The van der Waals surface area contributed by atoms with Crippen LogP contribution in [0, 0.1) is 5.92 Å². The van der Waals surface area contributed by atoms with E-state index in [0.717, 1.165) is 12.1 Å². The van der Waals surface area contributed by atoms with Crippen molar-refractivity contribution in [2.45, 2.75) is 12.3 Å². The molecule has 1 amide bonds. The lowest BCUT2D eigenvalue weighted by molar-refractivity contribution is -0.137. The number of carbonyl (C=O) groups excluding carboxylic acids is 1. The van der Waals surface area contributed by atoms with Crippen molar-refractivity contribution in [2.75, 3.05) is 19.6 Å². The van der Waals surface area contributed by atoms with E-state index < -0.39 is 23.8 Å². The van der Waals surface area contributed by atoms with E-state index in [1.54, 1.807) is 0 Å². The van der Waals surface area contributed by atoms with Crippen LogP contribution in [0.2, 0.25) is 0 Å². The first-order valence-corrected chi connectivity index (χ1v) is 6.08. The molecule has 1 aromatic heterocycles. The lowest BCUT2D eigenvalue weighted by atomic mass is 10.1. The van der Waals surface area contributed by atoms with Crippen LogP contribution in [0.25, 0.3) is 0 Å². The van der Waals surface area contributed by atoms with Gasteiger partial charge in [-0.2, -0.15) is 13.2 Å². The molecule has 0 aromatic carbocycles. The van der Waals surface area contributed by atoms with Crippen LogP contribution in [0.5, 0.6) is 0 Å². The van der Waals surface area contributed by atoms with Crippen molar-refractivity contribution in [2.24, 2.45) is 5.92 Å². The highest BCUT2D eigenvalue weighted by atomic mass is 35.5. The molecule has 0 bridgehead atoms. The summed E-state index contributed by atoms with van der Waals surface area (Å²) in [6.45, 7) is 1.30. The Hall–Kier alpha value is -1.09. The van der Waals surface area contributed by atoms with Crippen LogP contribution in [0.4, 0.5) is 13.2 Å². The number of aromatic nitrogens is 1. The zero-order valence-corrected chi connectivity index (χ0v) is 12.9. The van der Waals surface area contributed by atoms with Gasteiger partial charge in [0.2, 0.25) is 0 Å². The van der Waals surface area contributed by atoms with E-state index in [9.17, 15) is 23.1 Å². The third-order valence-corrected chi connectivity index (χ3v) is 3.15. The molecule has 5 nitrogen and oxygen atoms in total. The maximum absolute atomic E-state index is 12.3. The van der Waals surface area contributed by atoms with Crippen LogP contribution in [0.3, 0.4) is 0 Å². The maximum Gasteiger partial charge on any atom is 0.417 e. The van der Waals surface area contributed by atoms with E-state index in [0.29, 0.717) is 19.3 Å². The highest BCUT2D eigenvalue weighted by Crippen LogP contribution is 2.28. The van der Waals surface area contributed by atoms with Gasteiger partial charge < -0.3 is 15.7 Å². The Bertz CT molecular complexity index is 485. The standard InChI is InChI=1S/C12H14F3N3O2.2ClH/c13-12(14,15)8-1-2-9(17-5-8)11(20)18-4-7-3-16-6-10(7)19;;/h1-2,5,7,10,16,19H,3-4,6H2,(H,18,20);2*1H. The van der Waals surface area contributed by atoms with Gasteiger partial charge in [-0.3, -0.25) is 9.78 Å². The quantitative estimate of drug-likeness (QED) is 0.757. The second kappa shape index (κ2) is 8.52. The predicted molar refractivity (Wildman–Crippen MR) is 78.4 cm³/mol. The van der Waals surface area contributed by atoms with Gasteiger partial charge in [0.25, 0.3) is 5.91 Å². The Morgan fingerprint density at radius 2 is 2.05 bits per heavy atom. The van der Waals surface area contributed by atoms with Gasteiger partial charge in [0, 0.05) is 31.7 Å². The van der Waals surface area contributed by atoms with Gasteiger partial charge in [-0.15, -0.1) is 24.8 Å². The van der Waals surface area contributed by atoms with E-state index in [1.165, 1.54) is 0 Å². The molecule has 2 atom stereocenters. The summed E-state index contributed by atoms with van der Waals surface area (Å²) in [6, 6.07) is 1.84. The summed E-state index contributed by atoms with van der Waals surface area (Å²) < 4.78 is 37.0. The fourth-order valence-electron chi connectivity index (χ4n) is 1.94. The van der Waals surface area contributed by atoms with E-state index >= 15 is 0 Å². The summed E-state index contributed by atoms with van der Waals surface area (Å²) >= 11 is 0. The molecule has 0 saturated carbocycles. The number of aliphatic hydroxyl groups excluding tert-OH is 1. The monoisotopic (exact) mass is 361 g/mol. The van der Waals surface area contributed by atoms with Gasteiger partial charge in [0.15, 0.2) is 0 Å². The van der Waals surface area contributed by atoms with Crippen molar-refractivity contribution in [3.63, 3.8) is 0 Å². The lowest BCUT2D eigenvalue weighted by Crippen LogP contribution is -2.34. The first-order chi connectivity index (χ1) is 9.38. The fraction of sp³-hybridized carbons (Fsp3) is 0.500. The number of nitrogens with zero attached hydrogens (tertiary/aromatic N) is 1. The molecule has 126 valence electrons. The van der Waals surface area contributed by atoms with Crippen LogP contribution in [0.1, 0.15) is 16.1 Å². The first kappa shape index (κ1) is 20.9. The molecule has 0 aliphatic carbocycles. The number of hydrogen-bond acceptors (Lipinski definition) is 4. The molecular weight excluding hydrogens is 346 g/mol. The minimum Gasteiger partial charge on any atom is -0.391 e. The molecule has 1 aliphatic rings. The van der Waals surface area contributed by atoms with Crippen molar-refractivity contribution in [1.29, 1.82) is 0 Å². The lowest BCUT2D eigenvalue weighted by Gasteiger charge is -2.14. The minimum absolute atomic E-state index is 0. The second-order valence-electron chi connectivity index (χ2n) is 4.63. The van der Waals surface area contributed by atoms with Crippen molar-refractivity contribution < 1.29 is 23.1 Å². The molecule has 0 radical (unpaired) electrons. The average molecular weight is 362 g/mol. The molecular formula is C12H16Cl2F3N3O2. The summed E-state index contributed by atoms with van der Waals surface area (Å²) in [4.78, 5) is 15.2. The van der Waals surface area contributed by atoms with Crippen molar-refractivity contribution >= 4 is 30.7 Å². The van der Waals surface area contributed by atoms with E-state index in [1.807, 2.05) is 0 Å². The molecule has 1 saturated heterocycles. The van der Waals surface area contributed by atoms with Gasteiger partial charge in [0.1, 0.15) is 5.69 Å². The van der Waals surface area contributed by atoms with Gasteiger partial charge in [-0.05, 0) is 12.1 Å². The minimum atomic E-state index is -4.47. The van der Waals surface area contributed by atoms with E-state index in [2.05, 4.69) is 15.6 Å². The summed E-state index contributed by atoms with van der Waals surface area (Å²) in [7, 11) is 0. The third kappa shape index (κ3) is 5.28. The number of alkyl halides is 3. The SMILES string of the molecule is Cl.Cl.O=C(NCC1CNCC1O)c1ccc(C(F)(F)F)cn1. The largest absolute Gasteiger partial charge is 0.417 e. The molecule has 1 fully saturated rings. The number of β-amino-alcohol motifs (C(OH)–C–C–N with tert-alkyl or cyclic N) is 1. The van der Waals surface area contributed by atoms with Crippen molar-refractivity contribution in [3.8, 4) is 0 Å². The predicted octanol–water partition coefficient (Wildman–Crippen LogP) is 1.25. The second-order valence-corrected chi connectivity index (χ2v) is 4.63. The highest BCUT2D eigenvalue weighted by molar-refractivity contribution is 5.92. The molecule has 2 rings (SSSR count). The Balaban J connectivity index is 0.00000220. The van der Waals surface area contributed by atoms with Crippen LogP contribution >= 0.6 is 24.8 Å². The van der Waals surface area contributed by atoms with Crippen LogP contribution in [-0.4, -0.2) is 41.7 Å². The number of rotatable bonds is 3. The molecule has 1 aromatic rings.